The zero-order valence-electron chi connectivity index (χ0n) is 16.7. The van der Waals surface area contributed by atoms with Crippen LogP contribution in [0.3, 0.4) is 0 Å². The van der Waals surface area contributed by atoms with E-state index in [0.29, 0.717) is 17.5 Å². The fourth-order valence-electron chi connectivity index (χ4n) is 3.37. The molecule has 10 heteroatoms. The number of benzene rings is 2. The maximum absolute atomic E-state index is 13.0. The second kappa shape index (κ2) is 8.19. The van der Waals surface area contributed by atoms with Crippen LogP contribution in [-0.4, -0.2) is 30.8 Å². The summed E-state index contributed by atoms with van der Waals surface area (Å²) in [5.41, 5.74) is 1.85. The average Bonchev–Trinajstić information content (AvgIpc) is 3.18. The highest BCUT2D eigenvalue weighted by Crippen LogP contribution is 2.31. The largest absolute Gasteiger partial charge is 0.573 e. The lowest BCUT2D eigenvalue weighted by Crippen LogP contribution is -2.17. The van der Waals surface area contributed by atoms with Crippen molar-refractivity contribution in [2.45, 2.75) is 17.7 Å². The van der Waals surface area contributed by atoms with Crippen LogP contribution in [0.1, 0.15) is 11.1 Å². The van der Waals surface area contributed by atoms with Gasteiger partial charge in [0, 0.05) is 36.5 Å². The van der Waals surface area contributed by atoms with Gasteiger partial charge in [-0.05, 0) is 41.5 Å². The number of ether oxygens (including phenoxy) is 2. The minimum absolute atomic E-state index is 0.0600. The second-order valence-corrected chi connectivity index (χ2v) is 8.71. The Kier molecular flexibility index (Phi) is 5.55. The number of nitrogens with zero attached hydrogens (tertiary/aromatic N) is 2. The number of hydrogen-bond acceptors (Lipinski definition) is 5. The molecule has 0 aliphatic heterocycles. The van der Waals surface area contributed by atoms with Crippen molar-refractivity contribution in [1.29, 1.82) is 0 Å². The third-order valence-electron chi connectivity index (χ3n) is 4.80. The van der Waals surface area contributed by atoms with E-state index in [0.717, 1.165) is 17.0 Å². The van der Waals surface area contributed by atoms with E-state index < -0.39 is 16.4 Å². The second-order valence-electron chi connectivity index (χ2n) is 6.90. The van der Waals surface area contributed by atoms with Crippen molar-refractivity contribution >= 4 is 20.9 Å². The summed E-state index contributed by atoms with van der Waals surface area (Å²) in [5.74, 6) is -0.157. The van der Waals surface area contributed by atoms with Crippen molar-refractivity contribution in [2.75, 3.05) is 7.11 Å². The van der Waals surface area contributed by atoms with Crippen LogP contribution in [0, 0.1) is 0 Å². The van der Waals surface area contributed by atoms with E-state index in [4.69, 9.17) is 4.74 Å². The molecule has 4 rings (SSSR count). The quantitative estimate of drug-likeness (QED) is 0.413. The number of pyridine rings is 1. The number of alkyl halides is 3. The van der Waals surface area contributed by atoms with Crippen molar-refractivity contribution in [3.05, 3.63) is 84.3 Å². The highest BCUT2D eigenvalue weighted by Gasteiger charge is 2.31. The molecule has 32 heavy (non-hydrogen) atoms. The summed E-state index contributed by atoms with van der Waals surface area (Å²) in [6.07, 6.45) is -0.253. The average molecular weight is 462 g/mol. The summed E-state index contributed by atoms with van der Waals surface area (Å²) in [6, 6.07) is 13.9. The Labute approximate surface area is 181 Å². The molecule has 0 fully saturated rings. The Morgan fingerprint density at radius 3 is 2.56 bits per heavy atom. The Hall–Kier alpha value is -3.53. The van der Waals surface area contributed by atoms with Gasteiger partial charge in [-0.15, -0.1) is 13.2 Å². The Balaban J connectivity index is 1.69. The smallest absolute Gasteiger partial charge is 0.496 e. The van der Waals surface area contributed by atoms with Crippen molar-refractivity contribution in [2.24, 2.45) is 0 Å². The highest BCUT2D eigenvalue weighted by atomic mass is 32.2. The molecule has 0 saturated carbocycles. The molecule has 0 radical (unpaired) electrons. The van der Waals surface area contributed by atoms with E-state index in [1.165, 1.54) is 47.9 Å². The third kappa shape index (κ3) is 4.40. The van der Waals surface area contributed by atoms with Gasteiger partial charge in [-0.1, -0.05) is 18.2 Å². The monoisotopic (exact) mass is 462 g/mol. The van der Waals surface area contributed by atoms with Gasteiger partial charge in [-0.2, -0.15) is 0 Å². The summed E-state index contributed by atoms with van der Waals surface area (Å²) in [5, 5.41) is 0.724. The molecule has 0 bridgehead atoms. The molecule has 2 heterocycles. The normalized spacial score (nSPS) is 12.1. The van der Waals surface area contributed by atoms with Crippen molar-refractivity contribution < 1.29 is 31.1 Å². The lowest BCUT2D eigenvalue weighted by atomic mass is 10.0. The van der Waals surface area contributed by atoms with Gasteiger partial charge in [0.15, 0.2) is 0 Å². The summed E-state index contributed by atoms with van der Waals surface area (Å²) in [4.78, 5) is 3.94. The lowest BCUT2D eigenvalue weighted by molar-refractivity contribution is -0.274. The van der Waals surface area contributed by atoms with Crippen molar-refractivity contribution in [3.63, 3.8) is 0 Å². The number of fused-ring (bicyclic) bond motifs is 1. The Morgan fingerprint density at radius 2 is 1.88 bits per heavy atom. The van der Waals surface area contributed by atoms with E-state index in [1.807, 2.05) is 6.07 Å². The van der Waals surface area contributed by atoms with Gasteiger partial charge in [0.2, 0.25) is 0 Å². The van der Waals surface area contributed by atoms with Crippen LogP contribution in [0.25, 0.3) is 10.9 Å². The van der Waals surface area contributed by atoms with Gasteiger partial charge in [0.05, 0.1) is 12.6 Å². The molecule has 4 aromatic rings. The van der Waals surface area contributed by atoms with Gasteiger partial charge in [-0.3, -0.25) is 4.98 Å². The van der Waals surface area contributed by atoms with Crippen molar-refractivity contribution in [1.82, 2.24) is 8.96 Å². The first-order valence-electron chi connectivity index (χ1n) is 9.36. The zero-order chi connectivity index (χ0) is 22.9. The van der Waals surface area contributed by atoms with E-state index in [2.05, 4.69) is 9.72 Å². The molecule has 0 amide bonds. The minimum atomic E-state index is -4.80. The predicted molar refractivity (Wildman–Crippen MR) is 111 cm³/mol. The number of aromatic nitrogens is 2. The van der Waals surface area contributed by atoms with Crippen LogP contribution in [0.2, 0.25) is 0 Å². The maximum atomic E-state index is 13.0. The van der Waals surface area contributed by atoms with E-state index in [-0.39, 0.29) is 16.4 Å². The lowest BCUT2D eigenvalue weighted by Gasteiger charge is -2.13. The first-order valence-corrected chi connectivity index (χ1v) is 10.8. The summed E-state index contributed by atoms with van der Waals surface area (Å²) in [6.45, 7) is 0. The van der Waals surface area contributed by atoms with Crippen LogP contribution in [0.5, 0.6) is 11.5 Å². The van der Waals surface area contributed by atoms with Crippen LogP contribution in [0.15, 0.2) is 78.1 Å². The molecule has 0 spiro atoms. The van der Waals surface area contributed by atoms with Gasteiger partial charge < -0.3 is 9.47 Å². The fourth-order valence-corrected chi connectivity index (χ4v) is 4.68. The minimum Gasteiger partial charge on any atom is -0.496 e. The molecular formula is C22H17F3N2O4S. The number of hydrogen-bond donors (Lipinski definition) is 0. The number of methoxy groups -OCH3 is 1. The van der Waals surface area contributed by atoms with Crippen LogP contribution in [0.4, 0.5) is 13.2 Å². The predicted octanol–water partition coefficient (Wildman–Crippen LogP) is 4.77. The third-order valence-corrected chi connectivity index (χ3v) is 6.47. The Bertz CT molecular complexity index is 1370. The fraction of sp³-hybridized carbons (Fsp3) is 0.136. The van der Waals surface area contributed by atoms with Gasteiger partial charge in [-0.25, -0.2) is 12.4 Å². The van der Waals surface area contributed by atoms with Gasteiger partial charge in [0.25, 0.3) is 10.0 Å². The van der Waals surface area contributed by atoms with Crippen LogP contribution >= 0.6 is 0 Å². The topological polar surface area (TPSA) is 70.4 Å². The van der Waals surface area contributed by atoms with Crippen LogP contribution in [-0.2, 0) is 16.4 Å². The van der Waals surface area contributed by atoms with E-state index >= 15 is 0 Å². The van der Waals surface area contributed by atoms with E-state index in [1.54, 1.807) is 24.3 Å². The molecular weight excluding hydrogens is 445 g/mol. The van der Waals surface area contributed by atoms with Crippen molar-refractivity contribution in [3.8, 4) is 11.5 Å². The number of rotatable bonds is 6. The highest BCUT2D eigenvalue weighted by molar-refractivity contribution is 7.90. The molecule has 0 unspecified atom stereocenters. The molecule has 0 saturated heterocycles. The summed E-state index contributed by atoms with van der Waals surface area (Å²) >= 11 is 0. The molecule has 0 aliphatic carbocycles. The van der Waals surface area contributed by atoms with Gasteiger partial charge in [0.1, 0.15) is 16.4 Å². The molecule has 0 aliphatic rings. The Morgan fingerprint density at radius 1 is 1.06 bits per heavy atom. The van der Waals surface area contributed by atoms with Gasteiger partial charge >= 0.3 is 6.36 Å². The molecule has 166 valence electrons. The number of halogens is 3. The molecule has 6 nitrogen and oxygen atoms in total. The zero-order valence-corrected chi connectivity index (χ0v) is 17.5. The SMILES string of the molecule is COc1cc(OC(F)(F)F)ccc1Cc1ccc2ccn(S(=O)(=O)c3cccnc3)c2c1. The molecule has 0 N–H and O–H groups in total. The van der Waals surface area contributed by atoms with E-state index in [9.17, 15) is 21.6 Å². The molecule has 2 aromatic carbocycles. The molecule has 0 atom stereocenters. The summed E-state index contributed by atoms with van der Waals surface area (Å²) in [7, 11) is -2.49. The maximum Gasteiger partial charge on any atom is 0.573 e. The standard InChI is InChI=1S/C22H17F3N2O4S/c1-30-21-13-18(31-22(23,24)25)7-6-17(21)11-15-4-5-16-8-10-27(20(16)12-15)32(28,29)19-3-2-9-26-14-19/h2-10,12-14H,11H2,1H3. The van der Waals surface area contributed by atoms with Crippen LogP contribution < -0.4 is 9.47 Å². The first-order chi connectivity index (χ1) is 15.2. The first kappa shape index (κ1) is 21.7. The summed E-state index contributed by atoms with van der Waals surface area (Å²) < 4.78 is 73.8. The molecule has 2 aromatic heterocycles.